The van der Waals surface area contributed by atoms with E-state index in [2.05, 4.69) is 46.9 Å². The largest absolute Gasteiger partial charge is 0.360 e. The summed E-state index contributed by atoms with van der Waals surface area (Å²) in [7, 11) is -0.811. The van der Waals surface area contributed by atoms with Gasteiger partial charge in [-0.3, -0.25) is 0 Å². The second kappa shape index (κ2) is 11.8. The maximum Gasteiger partial charge on any atom is 0.0559 e. The molecule has 1 atom stereocenters. The lowest BCUT2D eigenvalue weighted by atomic mass is 9.98. The van der Waals surface area contributed by atoms with Crippen molar-refractivity contribution in [3.05, 3.63) is 0 Å². The average Bonchev–Trinajstić information content (AvgIpc) is 2.29. The highest BCUT2D eigenvalue weighted by molar-refractivity contribution is 7.51. The standard InChI is InChI=1S/C13H31O3P3/c1-12(9-14-17(2)3)8-13(10-15-18(4)5)11-16-19(6)7/h12-13H,8-11H2,1-7H3. The van der Waals surface area contributed by atoms with E-state index in [9.17, 15) is 0 Å². The Kier molecular flexibility index (Phi) is 12.5. The normalized spacial score (nSPS) is 14.1. The minimum absolute atomic E-state index is 0.250. The Bertz CT molecular complexity index is 201. The van der Waals surface area contributed by atoms with Crippen molar-refractivity contribution >= 4 is 24.4 Å². The van der Waals surface area contributed by atoms with Gasteiger partial charge in [0, 0.05) is 30.4 Å². The third kappa shape index (κ3) is 13.9. The molecule has 0 fully saturated rings. The van der Waals surface area contributed by atoms with Gasteiger partial charge in [-0.05, 0) is 52.3 Å². The lowest BCUT2D eigenvalue weighted by Crippen LogP contribution is -2.19. The maximum atomic E-state index is 5.82. The first-order valence-corrected chi connectivity index (χ1v) is 13.2. The molecule has 116 valence electrons. The Morgan fingerprint density at radius 2 is 1.05 bits per heavy atom. The third-order valence-electron chi connectivity index (χ3n) is 2.49. The molecule has 6 heteroatoms. The third-order valence-corrected chi connectivity index (χ3v) is 4.49. The van der Waals surface area contributed by atoms with E-state index in [0.29, 0.717) is 11.8 Å². The summed E-state index contributed by atoms with van der Waals surface area (Å²) in [5.74, 6) is 1.07. The molecule has 0 aliphatic heterocycles. The van der Waals surface area contributed by atoms with Crippen LogP contribution in [0.5, 0.6) is 0 Å². The smallest absolute Gasteiger partial charge is 0.0559 e. The summed E-state index contributed by atoms with van der Waals surface area (Å²) in [5, 5.41) is 0. The van der Waals surface area contributed by atoms with Crippen molar-refractivity contribution in [3.8, 4) is 0 Å². The minimum Gasteiger partial charge on any atom is -0.360 e. The van der Waals surface area contributed by atoms with Crippen LogP contribution >= 0.6 is 24.4 Å². The van der Waals surface area contributed by atoms with Crippen LogP contribution in [0.3, 0.4) is 0 Å². The van der Waals surface area contributed by atoms with Gasteiger partial charge in [0.2, 0.25) is 0 Å². The molecule has 0 N–H and O–H groups in total. The van der Waals surface area contributed by atoms with Gasteiger partial charge in [0.15, 0.2) is 0 Å². The molecule has 0 saturated carbocycles. The zero-order chi connectivity index (χ0) is 14.8. The van der Waals surface area contributed by atoms with Crippen LogP contribution < -0.4 is 0 Å². The molecule has 1 unspecified atom stereocenters. The fraction of sp³-hybridized carbons (Fsp3) is 1.00. The molecule has 0 aromatic carbocycles. The van der Waals surface area contributed by atoms with Gasteiger partial charge in [0.05, 0.1) is 19.8 Å². The van der Waals surface area contributed by atoms with Crippen molar-refractivity contribution in [2.24, 2.45) is 11.8 Å². The Hall–Kier alpha value is 1.17. The molecule has 0 saturated heterocycles. The molecule has 0 aliphatic carbocycles. The summed E-state index contributed by atoms with van der Waals surface area (Å²) in [6.07, 6.45) is 1.12. The summed E-state index contributed by atoms with van der Waals surface area (Å²) >= 11 is 0. The van der Waals surface area contributed by atoms with E-state index in [1.54, 1.807) is 0 Å². The molecule has 0 rings (SSSR count). The van der Waals surface area contributed by atoms with Crippen molar-refractivity contribution in [1.29, 1.82) is 0 Å². The van der Waals surface area contributed by atoms with Crippen LogP contribution in [-0.4, -0.2) is 59.8 Å². The molecule has 0 aromatic rings. The van der Waals surface area contributed by atoms with Crippen LogP contribution in [0.25, 0.3) is 0 Å². The molecular weight excluding hydrogens is 297 g/mol. The minimum atomic E-state index is -0.281. The van der Waals surface area contributed by atoms with E-state index in [4.69, 9.17) is 13.6 Å². The first kappa shape index (κ1) is 20.2. The SMILES string of the molecule is CC(COP(C)C)CC(COP(C)C)COP(C)C. The molecule has 0 aromatic heterocycles. The second-order valence-electron chi connectivity index (χ2n) is 5.53. The van der Waals surface area contributed by atoms with Gasteiger partial charge >= 0.3 is 0 Å². The number of hydrogen-bond acceptors (Lipinski definition) is 3. The van der Waals surface area contributed by atoms with E-state index in [0.717, 1.165) is 26.2 Å². The van der Waals surface area contributed by atoms with Gasteiger partial charge < -0.3 is 13.6 Å². The van der Waals surface area contributed by atoms with E-state index in [1.807, 2.05) is 0 Å². The van der Waals surface area contributed by atoms with Crippen LogP contribution in [0.2, 0.25) is 0 Å². The Morgan fingerprint density at radius 1 is 0.684 bits per heavy atom. The van der Waals surface area contributed by atoms with E-state index >= 15 is 0 Å². The van der Waals surface area contributed by atoms with Crippen molar-refractivity contribution in [1.82, 2.24) is 0 Å². The molecule has 0 amide bonds. The zero-order valence-corrected chi connectivity index (χ0v) is 16.2. The number of hydrogen-bond donors (Lipinski definition) is 0. The molecule has 19 heavy (non-hydrogen) atoms. The Balaban J connectivity index is 4.07. The van der Waals surface area contributed by atoms with Crippen molar-refractivity contribution < 1.29 is 13.6 Å². The fourth-order valence-electron chi connectivity index (χ4n) is 1.61. The average molecular weight is 328 g/mol. The summed E-state index contributed by atoms with van der Waals surface area (Å²) in [4.78, 5) is 0. The highest BCUT2D eigenvalue weighted by Crippen LogP contribution is 2.32. The van der Waals surface area contributed by atoms with Crippen molar-refractivity contribution in [3.63, 3.8) is 0 Å². The summed E-state index contributed by atoms with van der Waals surface area (Å²) in [6, 6.07) is 0. The van der Waals surface area contributed by atoms with E-state index < -0.39 is 0 Å². The Labute approximate surface area is 123 Å². The van der Waals surface area contributed by atoms with Crippen LogP contribution in [0.4, 0.5) is 0 Å². The van der Waals surface area contributed by atoms with Crippen LogP contribution in [0.15, 0.2) is 0 Å². The Morgan fingerprint density at radius 3 is 1.42 bits per heavy atom. The number of rotatable bonds is 11. The quantitative estimate of drug-likeness (QED) is 0.517. The molecule has 0 aliphatic rings. The monoisotopic (exact) mass is 328 g/mol. The van der Waals surface area contributed by atoms with Crippen LogP contribution in [0.1, 0.15) is 13.3 Å². The lowest BCUT2D eigenvalue weighted by Gasteiger charge is -2.23. The molecule has 3 nitrogen and oxygen atoms in total. The van der Waals surface area contributed by atoms with Gasteiger partial charge in [-0.2, -0.15) is 0 Å². The van der Waals surface area contributed by atoms with Gasteiger partial charge in [0.25, 0.3) is 0 Å². The lowest BCUT2D eigenvalue weighted by molar-refractivity contribution is 0.159. The predicted octanol–water partition coefficient (Wildman–Crippen LogP) is 4.65. The topological polar surface area (TPSA) is 27.7 Å². The summed E-state index contributed by atoms with van der Waals surface area (Å²) < 4.78 is 17.4. The van der Waals surface area contributed by atoms with Gasteiger partial charge in [0.1, 0.15) is 0 Å². The first-order chi connectivity index (χ1) is 8.81. The highest BCUT2D eigenvalue weighted by Gasteiger charge is 2.16. The van der Waals surface area contributed by atoms with Crippen molar-refractivity contribution in [2.45, 2.75) is 13.3 Å². The van der Waals surface area contributed by atoms with E-state index in [-0.39, 0.29) is 24.4 Å². The van der Waals surface area contributed by atoms with Gasteiger partial charge in [-0.15, -0.1) is 0 Å². The van der Waals surface area contributed by atoms with Crippen LogP contribution in [0, 0.1) is 11.8 Å². The molecular formula is C13H31O3P3. The summed E-state index contributed by atoms with van der Waals surface area (Å²) in [6.45, 7) is 17.6. The van der Waals surface area contributed by atoms with E-state index in [1.165, 1.54) is 0 Å². The molecule has 0 radical (unpaired) electrons. The zero-order valence-electron chi connectivity index (χ0n) is 13.5. The van der Waals surface area contributed by atoms with Crippen molar-refractivity contribution in [2.75, 3.05) is 59.8 Å². The maximum absolute atomic E-state index is 5.82. The second-order valence-corrected chi connectivity index (χ2v) is 11.2. The molecule has 0 spiro atoms. The van der Waals surface area contributed by atoms with Gasteiger partial charge in [-0.25, -0.2) is 0 Å². The van der Waals surface area contributed by atoms with Crippen LogP contribution in [-0.2, 0) is 13.6 Å². The molecule has 0 bridgehead atoms. The highest BCUT2D eigenvalue weighted by atomic mass is 31.1. The van der Waals surface area contributed by atoms with Gasteiger partial charge in [-0.1, -0.05) is 6.92 Å². The first-order valence-electron chi connectivity index (χ1n) is 6.72. The summed E-state index contributed by atoms with van der Waals surface area (Å²) in [5.41, 5.74) is 0. The fourth-order valence-corrected chi connectivity index (χ4v) is 3.18. The predicted molar refractivity (Wildman–Crippen MR) is 91.4 cm³/mol. The molecule has 0 heterocycles.